The Kier molecular flexibility index (Phi) is 5.32. The normalized spacial score (nSPS) is 24.3. The van der Waals surface area contributed by atoms with Crippen molar-refractivity contribution in [2.45, 2.75) is 45.9 Å². The van der Waals surface area contributed by atoms with Crippen LogP contribution in [-0.2, 0) is 11.3 Å². The Bertz CT molecular complexity index is 493. The lowest BCUT2D eigenvalue weighted by atomic mass is 10.0. The van der Waals surface area contributed by atoms with Crippen LogP contribution in [0.2, 0.25) is 0 Å². The van der Waals surface area contributed by atoms with Crippen molar-refractivity contribution in [3.63, 3.8) is 0 Å². The maximum Gasteiger partial charge on any atom is 0.422 e. The molecule has 0 amide bonds. The minimum atomic E-state index is -4.36. The van der Waals surface area contributed by atoms with E-state index >= 15 is 0 Å². The molecule has 0 aliphatic heterocycles. The molecule has 1 fully saturated rings. The standard InChI is InChI=1S/C16H22F3NO2/c1-3-7-15(2)8-12(15)9-21-10-13-5-4-6-14(20-13)22-11-16(17,18)19/h4-6,12H,3,7-11H2,1-2H3. The van der Waals surface area contributed by atoms with Gasteiger partial charge in [0, 0.05) is 6.07 Å². The van der Waals surface area contributed by atoms with Gasteiger partial charge < -0.3 is 9.47 Å². The van der Waals surface area contributed by atoms with Crippen LogP contribution in [0, 0.1) is 11.3 Å². The number of alkyl halides is 3. The summed E-state index contributed by atoms with van der Waals surface area (Å²) in [6, 6.07) is 4.75. The topological polar surface area (TPSA) is 31.4 Å². The minimum absolute atomic E-state index is 0.0272. The predicted molar refractivity (Wildman–Crippen MR) is 76.6 cm³/mol. The van der Waals surface area contributed by atoms with E-state index in [1.807, 2.05) is 0 Å². The first-order valence-electron chi connectivity index (χ1n) is 7.55. The molecule has 22 heavy (non-hydrogen) atoms. The highest BCUT2D eigenvalue weighted by Gasteiger charge is 2.48. The van der Waals surface area contributed by atoms with Gasteiger partial charge >= 0.3 is 6.18 Å². The van der Waals surface area contributed by atoms with Crippen LogP contribution in [0.4, 0.5) is 13.2 Å². The van der Waals surface area contributed by atoms with Crippen LogP contribution in [0.3, 0.4) is 0 Å². The van der Waals surface area contributed by atoms with Crippen molar-refractivity contribution in [2.75, 3.05) is 13.2 Å². The minimum Gasteiger partial charge on any atom is -0.468 e. The molecule has 124 valence electrons. The number of rotatable bonds is 8. The number of hydrogen-bond acceptors (Lipinski definition) is 3. The molecule has 3 nitrogen and oxygen atoms in total. The third-order valence-corrected chi connectivity index (χ3v) is 4.09. The van der Waals surface area contributed by atoms with E-state index in [0.717, 1.165) is 0 Å². The average Bonchev–Trinajstić information content (AvgIpc) is 3.07. The summed E-state index contributed by atoms with van der Waals surface area (Å²) in [5.41, 5.74) is 0.984. The van der Waals surface area contributed by atoms with Crippen LogP contribution in [0.25, 0.3) is 0 Å². The van der Waals surface area contributed by atoms with Crippen molar-refractivity contribution in [2.24, 2.45) is 11.3 Å². The summed E-state index contributed by atoms with van der Waals surface area (Å²) in [4.78, 5) is 4.02. The molecule has 0 spiro atoms. The Balaban J connectivity index is 1.74. The number of hydrogen-bond donors (Lipinski definition) is 0. The smallest absolute Gasteiger partial charge is 0.422 e. The van der Waals surface area contributed by atoms with Gasteiger partial charge in [-0.2, -0.15) is 13.2 Å². The molecule has 1 aromatic heterocycles. The third kappa shape index (κ3) is 5.16. The van der Waals surface area contributed by atoms with E-state index < -0.39 is 12.8 Å². The molecule has 0 N–H and O–H groups in total. The van der Waals surface area contributed by atoms with E-state index in [1.165, 1.54) is 25.3 Å². The molecule has 0 radical (unpaired) electrons. The zero-order valence-corrected chi connectivity index (χ0v) is 12.9. The second kappa shape index (κ2) is 6.86. The molecule has 1 aliphatic rings. The maximum absolute atomic E-state index is 12.1. The lowest BCUT2D eigenvalue weighted by Gasteiger charge is -2.11. The van der Waals surface area contributed by atoms with Crippen molar-refractivity contribution in [3.05, 3.63) is 23.9 Å². The molecule has 0 saturated heterocycles. The monoisotopic (exact) mass is 317 g/mol. The Morgan fingerprint density at radius 3 is 2.82 bits per heavy atom. The number of nitrogens with zero attached hydrogens (tertiary/aromatic N) is 1. The van der Waals surface area contributed by atoms with Gasteiger partial charge in [0.05, 0.1) is 18.9 Å². The van der Waals surface area contributed by atoms with Gasteiger partial charge in [-0.1, -0.05) is 26.3 Å². The summed E-state index contributed by atoms with van der Waals surface area (Å²) >= 11 is 0. The first-order chi connectivity index (χ1) is 10.3. The van der Waals surface area contributed by atoms with Crippen molar-refractivity contribution < 1.29 is 22.6 Å². The molecule has 1 heterocycles. The quantitative estimate of drug-likeness (QED) is 0.713. The Morgan fingerprint density at radius 1 is 1.36 bits per heavy atom. The van der Waals surface area contributed by atoms with Gasteiger partial charge in [-0.25, -0.2) is 4.98 Å². The fourth-order valence-corrected chi connectivity index (χ4v) is 2.72. The van der Waals surface area contributed by atoms with Crippen LogP contribution in [0.15, 0.2) is 18.2 Å². The highest BCUT2D eigenvalue weighted by molar-refractivity contribution is 5.15. The van der Waals surface area contributed by atoms with Gasteiger partial charge in [0.1, 0.15) is 0 Å². The Hall–Kier alpha value is -1.30. The molecule has 1 aliphatic carbocycles. The highest BCUT2D eigenvalue weighted by Crippen LogP contribution is 2.55. The van der Waals surface area contributed by atoms with E-state index in [-0.39, 0.29) is 5.88 Å². The van der Waals surface area contributed by atoms with E-state index in [2.05, 4.69) is 23.6 Å². The van der Waals surface area contributed by atoms with Gasteiger partial charge in [0.25, 0.3) is 0 Å². The lowest BCUT2D eigenvalue weighted by Crippen LogP contribution is -2.19. The van der Waals surface area contributed by atoms with Crippen molar-refractivity contribution >= 4 is 0 Å². The molecular weight excluding hydrogens is 295 g/mol. The maximum atomic E-state index is 12.1. The van der Waals surface area contributed by atoms with E-state index in [9.17, 15) is 13.2 Å². The Labute approximate surface area is 128 Å². The van der Waals surface area contributed by atoms with Gasteiger partial charge in [-0.05, 0) is 30.2 Å². The van der Waals surface area contributed by atoms with Crippen LogP contribution >= 0.6 is 0 Å². The average molecular weight is 317 g/mol. The third-order valence-electron chi connectivity index (χ3n) is 4.09. The first kappa shape index (κ1) is 17.1. The molecule has 6 heteroatoms. The molecule has 1 saturated carbocycles. The Morgan fingerprint density at radius 2 is 2.14 bits per heavy atom. The van der Waals surface area contributed by atoms with Crippen LogP contribution in [-0.4, -0.2) is 24.4 Å². The van der Waals surface area contributed by atoms with E-state index in [0.29, 0.717) is 30.2 Å². The van der Waals surface area contributed by atoms with E-state index in [4.69, 9.17) is 4.74 Å². The number of halogens is 3. The summed E-state index contributed by atoms with van der Waals surface area (Å²) in [6.45, 7) is 4.09. The van der Waals surface area contributed by atoms with Crippen molar-refractivity contribution in [1.82, 2.24) is 4.98 Å². The molecule has 2 unspecified atom stereocenters. The zero-order valence-electron chi connectivity index (χ0n) is 12.9. The molecule has 2 rings (SSSR count). The van der Waals surface area contributed by atoms with Crippen LogP contribution in [0.1, 0.15) is 38.8 Å². The summed E-state index contributed by atoms with van der Waals surface area (Å²) in [6.07, 6.45) is -0.792. The zero-order chi connectivity index (χ0) is 16.2. The first-order valence-corrected chi connectivity index (χ1v) is 7.55. The summed E-state index contributed by atoms with van der Waals surface area (Å²) < 4.78 is 46.6. The summed E-state index contributed by atoms with van der Waals surface area (Å²) in [5, 5.41) is 0. The predicted octanol–water partition coefficient (Wildman–Crippen LogP) is 4.37. The largest absolute Gasteiger partial charge is 0.468 e. The van der Waals surface area contributed by atoms with Gasteiger partial charge in [0.15, 0.2) is 6.61 Å². The SMILES string of the molecule is CCCC1(C)CC1COCc1cccc(OCC(F)(F)F)n1. The van der Waals surface area contributed by atoms with Gasteiger partial charge in [-0.15, -0.1) is 0 Å². The fraction of sp³-hybridized carbons (Fsp3) is 0.688. The molecule has 0 bridgehead atoms. The number of pyridine rings is 1. The summed E-state index contributed by atoms with van der Waals surface area (Å²) in [7, 11) is 0. The molecular formula is C16H22F3NO2. The van der Waals surface area contributed by atoms with E-state index in [1.54, 1.807) is 12.1 Å². The molecule has 1 aromatic rings. The number of ether oxygens (including phenoxy) is 2. The fourth-order valence-electron chi connectivity index (χ4n) is 2.72. The lowest BCUT2D eigenvalue weighted by molar-refractivity contribution is -0.154. The second-order valence-electron chi connectivity index (χ2n) is 6.19. The van der Waals surface area contributed by atoms with Crippen molar-refractivity contribution in [3.8, 4) is 5.88 Å². The highest BCUT2D eigenvalue weighted by atomic mass is 19.4. The molecule has 0 aromatic carbocycles. The summed E-state index contributed by atoms with van der Waals surface area (Å²) in [5.74, 6) is 0.554. The van der Waals surface area contributed by atoms with Crippen molar-refractivity contribution in [1.29, 1.82) is 0 Å². The van der Waals surface area contributed by atoms with Crippen LogP contribution in [0.5, 0.6) is 5.88 Å². The molecule has 2 atom stereocenters. The second-order valence-corrected chi connectivity index (χ2v) is 6.19. The van der Waals surface area contributed by atoms with Gasteiger partial charge in [-0.3, -0.25) is 0 Å². The van der Waals surface area contributed by atoms with Gasteiger partial charge in [0.2, 0.25) is 5.88 Å². The number of aromatic nitrogens is 1. The van der Waals surface area contributed by atoms with Crippen LogP contribution < -0.4 is 4.74 Å².